The Kier molecular flexibility index (Phi) is 4.95. The zero-order valence-corrected chi connectivity index (χ0v) is 12.2. The average molecular weight is 320 g/mol. The number of hydrogen-bond donors (Lipinski definition) is 3. The van der Waals surface area contributed by atoms with E-state index in [4.69, 9.17) is 10.2 Å². The number of carboxylic acids is 2. The molecule has 1 aromatic rings. The molecule has 0 aromatic heterocycles. The SMILES string of the molecule is O=C(O)C[C@H](NC(=O)CN1CCc2ccccc2C1=O)C(=O)O. The molecule has 0 unspecified atom stereocenters. The highest BCUT2D eigenvalue weighted by atomic mass is 16.4. The molecular formula is C15H16N2O6. The molecule has 3 N–H and O–H groups in total. The molecule has 0 bridgehead atoms. The van der Waals surface area contributed by atoms with E-state index in [1.165, 1.54) is 4.90 Å². The lowest BCUT2D eigenvalue weighted by molar-refractivity contribution is -0.147. The first-order valence-corrected chi connectivity index (χ1v) is 6.99. The second-order valence-corrected chi connectivity index (χ2v) is 5.19. The van der Waals surface area contributed by atoms with E-state index in [1.807, 2.05) is 12.1 Å². The molecule has 23 heavy (non-hydrogen) atoms. The highest BCUT2D eigenvalue weighted by Crippen LogP contribution is 2.18. The van der Waals surface area contributed by atoms with Gasteiger partial charge in [0.2, 0.25) is 5.91 Å². The summed E-state index contributed by atoms with van der Waals surface area (Å²) in [4.78, 5) is 47.0. The van der Waals surface area contributed by atoms with Gasteiger partial charge in [-0.25, -0.2) is 4.79 Å². The molecule has 1 aromatic carbocycles. The molecule has 2 amide bonds. The highest BCUT2D eigenvalue weighted by molar-refractivity contribution is 5.99. The van der Waals surface area contributed by atoms with Gasteiger partial charge in [-0.3, -0.25) is 14.4 Å². The minimum Gasteiger partial charge on any atom is -0.481 e. The van der Waals surface area contributed by atoms with Crippen molar-refractivity contribution in [2.45, 2.75) is 18.9 Å². The van der Waals surface area contributed by atoms with E-state index in [1.54, 1.807) is 12.1 Å². The van der Waals surface area contributed by atoms with Gasteiger partial charge < -0.3 is 20.4 Å². The molecule has 2 rings (SSSR count). The fraction of sp³-hybridized carbons (Fsp3) is 0.333. The fourth-order valence-corrected chi connectivity index (χ4v) is 2.41. The number of carbonyl (C=O) groups is 4. The van der Waals surface area contributed by atoms with E-state index in [-0.39, 0.29) is 12.5 Å². The van der Waals surface area contributed by atoms with Gasteiger partial charge in [-0.2, -0.15) is 0 Å². The van der Waals surface area contributed by atoms with Crippen molar-refractivity contribution in [3.63, 3.8) is 0 Å². The van der Waals surface area contributed by atoms with Crippen molar-refractivity contribution in [1.29, 1.82) is 0 Å². The molecule has 0 saturated carbocycles. The minimum atomic E-state index is -1.52. The van der Waals surface area contributed by atoms with Gasteiger partial charge in [0.15, 0.2) is 0 Å². The molecule has 122 valence electrons. The van der Waals surface area contributed by atoms with Crippen molar-refractivity contribution in [1.82, 2.24) is 10.2 Å². The molecule has 1 aliphatic heterocycles. The van der Waals surface area contributed by atoms with Gasteiger partial charge in [0.25, 0.3) is 5.91 Å². The zero-order chi connectivity index (χ0) is 17.0. The van der Waals surface area contributed by atoms with Crippen LogP contribution >= 0.6 is 0 Å². The smallest absolute Gasteiger partial charge is 0.326 e. The van der Waals surface area contributed by atoms with Crippen LogP contribution in [0.1, 0.15) is 22.3 Å². The summed E-state index contributed by atoms with van der Waals surface area (Å²) in [5.74, 6) is -3.77. The highest BCUT2D eigenvalue weighted by Gasteiger charge is 2.28. The predicted octanol–water partition coefficient (Wildman–Crippen LogP) is -0.271. The number of nitrogens with one attached hydrogen (secondary N) is 1. The van der Waals surface area contributed by atoms with Crippen LogP contribution in [0.3, 0.4) is 0 Å². The molecule has 8 heteroatoms. The number of fused-ring (bicyclic) bond motifs is 1. The molecule has 1 heterocycles. The quantitative estimate of drug-likeness (QED) is 0.663. The summed E-state index contributed by atoms with van der Waals surface area (Å²) in [6.07, 6.45) is -0.121. The summed E-state index contributed by atoms with van der Waals surface area (Å²) >= 11 is 0. The van der Waals surface area contributed by atoms with Crippen molar-refractivity contribution in [2.75, 3.05) is 13.1 Å². The van der Waals surface area contributed by atoms with Gasteiger partial charge in [-0.15, -0.1) is 0 Å². The molecule has 1 aliphatic rings. The molecule has 1 atom stereocenters. The molecule has 0 saturated heterocycles. The summed E-state index contributed by atoms with van der Waals surface area (Å²) in [6, 6.07) is 5.56. The Morgan fingerprint density at radius 1 is 1.22 bits per heavy atom. The van der Waals surface area contributed by atoms with Crippen LogP contribution in [-0.2, 0) is 20.8 Å². The fourth-order valence-electron chi connectivity index (χ4n) is 2.41. The molecule has 0 aliphatic carbocycles. The number of carboxylic acid groups (broad SMARTS) is 2. The van der Waals surface area contributed by atoms with Crippen LogP contribution < -0.4 is 5.32 Å². The van der Waals surface area contributed by atoms with E-state index in [0.29, 0.717) is 18.5 Å². The Morgan fingerprint density at radius 2 is 1.91 bits per heavy atom. The lowest BCUT2D eigenvalue weighted by Crippen LogP contribution is -2.49. The Hall–Kier alpha value is -2.90. The summed E-state index contributed by atoms with van der Waals surface area (Å²) < 4.78 is 0. The summed E-state index contributed by atoms with van der Waals surface area (Å²) in [5, 5.41) is 19.7. The van der Waals surface area contributed by atoms with Crippen LogP contribution in [0.4, 0.5) is 0 Å². The van der Waals surface area contributed by atoms with Crippen molar-refractivity contribution in [3.05, 3.63) is 35.4 Å². The first-order valence-electron chi connectivity index (χ1n) is 6.99. The average Bonchev–Trinajstić information content (AvgIpc) is 2.49. The van der Waals surface area contributed by atoms with Gasteiger partial charge in [0.1, 0.15) is 6.04 Å². The molecule has 0 fully saturated rings. The normalized spacial score (nSPS) is 14.8. The van der Waals surface area contributed by atoms with Crippen LogP contribution in [0.2, 0.25) is 0 Å². The number of carbonyl (C=O) groups excluding carboxylic acids is 2. The lowest BCUT2D eigenvalue weighted by Gasteiger charge is -2.28. The number of nitrogens with zero attached hydrogens (tertiary/aromatic N) is 1. The number of rotatable bonds is 6. The summed E-state index contributed by atoms with van der Waals surface area (Å²) in [5.41, 5.74) is 1.43. The number of amides is 2. The predicted molar refractivity (Wildman–Crippen MR) is 77.9 cm³/mol. The van der Waals surface area contributed by atoms with Crippen molar-refractivity contribution < 1.29 is 29.4 Å². The Balaban J connectivity index is 1.99. The number of aliphatic carboxylic acids is 2. The Morgan fingerprint density at radius 3 is 2.57 bits per heavy atom. The van der Waals surface area contributed by atoms with Crippen LogP contribution in [0.25, 0.3) is 0 Å². The Bertz CT molecular complexity index is 657. The van der Waals surface area contributed by atoms with Gasteiger partial charge in [0.05, 0.1) is 13.0 Å². The Labute approximate surface area is 131 Å². The van der Waals surface area contributed by atoms with Crippen molar-refractivity contribution in [3.8, 4) is 0 Å². The van der Waals surface area contributed by atoms with Crippen LogP contribution in [-0.4, -0.2) is 58.0 Å². The van der Waals surface area contributed by atoms with Crippen LogP contribution in [0.5, 0.6) is 0 Å². The largest absolute Gasteiger partial charge is 0.481 e. The van der Waals surface area contributed by atoms with Crippen molar-refractivity contribution in [2.24, 2.45) is 0 Å². The van der Waals surface area contributed by atoms with Gasteiger partial charge in [0, 0.05) is 12.1 Å². The van der Waals surface area contributed by atoms with Gasteiger partial charge in [-0.1, -0.05) is 18.2 Å². The topological polar surface area (TPSA) is 124 Å². The van der Waals surface area contributed by atoms with E-state index in [0.717, 1.165) is 5.56 Å². The van der Waals surface area contributed by atoms with E-state index in [2.05, 4.69) is 5.32 Å². The standard InChI is InChI=1S/C15H16N2O6/c18-12(16-11(15(22)23)7-13(19)20)8-17-6-5-9-3-1-2-4-10(9)14(17)21/h1-4,11H,5-8H2,(H,16,18)(H,19,20)(H,22,23)/t11-/m0/s1. The second-order valence-electron chi connectivity index (χ2n) is 5.19. The maximum atomic E-state index is 12.3. The maximum Gasteiger partial charge on any atom is 0.326 e. The van der Waals surface area contributed by atoms with Gasteiger partial charge >= 0.3 is 11.9 Å². The van der Waals surface area contributed by atoms with E-state index >= 15 is 0 Å². The first kappa shape index (κ1) is 16.5. The summed E-state index contributed by atoms with van der Waals surface area (Å²) in [7, 11) is 0. The van der Waals surface area contributed by atoms with Crippen LogP contribution in [0, 0.1) is 0 Å². The third kappa shape index (κ3) is 4.06. The third-order valence-corrected chi connectivity index (χ3v) is 3.53. The molecule has 0 radical (unpaired) electrons. The first-order chi connectivity index (χ1) is 10.9. The molecule has 0 spiro atoms. The maximum absolute atomic E-state index is 12.3. The lowest BCUT2D eigenvalue weighted by atomic mass is 9.99. The van der Waals surface area contributed by atoms with Gasteiger partial charge in [-0.05, 0) is 18.1 Å². The van der Waals surface area contributed by atoms with E-state index < -0.39 is 30.3 Å². The second kappa shape index (κ2) is 6.91. The van der Waals surface area contributed by atoms with Crippen LogP contribution in [0.15, 0.2) is 24.3 Å². The molecular weight excluding hydrogens is 304 g/mol. The zero-order valence-electron chi connectivity index (χ0n) is 12.2. The number of benzene rings is 1. The van der Waals surface area contributed by atoms with E-state index in [9.17, 15) is 19.2 Å². The monoisotopic (exact) mass is 320 g/mol. The molecule has 8 nitrogen and oxygen atoms in total. The van der Waals surface area contributed by atoms with Crippen molar-refractivity contribution >= 4 is 23.8 Å². The minimum absolute atomic E-state index is 0.299. The number of hydrogen-bond acceptors (Lipinski definition) is 4. The summed E-state index contributed by atoms with van der Waals surface area (Å²) in [6.45, 7) is 0.0382. The third-order valence-electron chi connectivity index (χ3n) is 3.53.